The van der Waals surface area contributed by atoms with Crippen LogP contribution in [0.15, 0.2) is 66.7 Å². The van der Waals surface area contributed by atoms with Gasteiger partial charge in [0.2, 0.25) is 0 Å². The number of amides is 1. The van der Waals surface area contributed by atoms with E-state index >= 15 is 0 Å². The molecule has 3 aromatic carbocycles. The molecule has 1 aliphatic rings. The molecular weight excluding hydrogens is 468 g/mol. The van der Waals surface area contributed by atoms with Gasteiger partial charge in [0.1, 0.15) is 18.8 Å². The van der Waals surface area contributed by atoms with Gasteiger partial charge >= 0.3 is 12.1 Å². The number of fused-ring (bicyclic) bond motifs is 3. The number of carbonyl (C=O) groups excluding carboxylic acids is 2. The summed E-state index contributed by atoms with van der Waals surface area (Å²) in [6.07, 6.45) is -3.95. The van der Waals surface area contributed by atoms with Crippen molar-refractivity contribution in [1.29, 1.82) is 0 Å². The zero-order chi connectivity index (χ0) is 25.8. The molecule has 4 rings (SSSR count). The Balaban J connectivity index is 1.38. The third-order valence-electron chi connectivity index (χ3n) is 6.14. The molecule has 0 saturated carbocycles. The van der Waals surface area contributed by atoms with Crippen LogP contribution in [-0.2, 0) is 9.47 Å². The SMILES string of the molecule is COC(=O)c1cc([N+](=O)[O-])ccc1C(O)C(O)CNC(=O)OCC1c2ccccc2-c2ccccc21. The number of non-ortho nitro benzene ring substituents is 1. The van der Waals surface area contributed by atoms with E-state index < -0.39 is 35.7 Å². The molecule has 2 atom stereocenters. The highest BCUT2D eigenvalue weighted by Crippen LogP contribution is 2.44. The number of benzene rings is 3. The molecule has 1 aliphatic carbocycles. The van der Waals surface area contributed by atoms with Gasteiger partial charge in [0, 0.05) is 24.6 Å². The molecule has 3 N–H and O–H groups in total. The van der Waals surface area contributed by atoms with Gasteiger partial charge in [0.15, 0.2) is 0 Å². The first kappa shape index (κ1) is 24.8. The summed E-state index contributed by atoms with van der Waals surface area (Å²) >= 11 is 0. The van der Waals surface area contributed by atoms with Crippen molar-refractivity contribution in [3.63, 3.8) is 0 Å². The van der Waals surface area contributed by atoms with Crippen LogP contribution >= 0.6 is 0 Å². The normalized spacial score (nSPS) is 13.8. The molecule has 1 amide bonds. The summed E-state index contributed by atoms with van der Waals surface area (Å²) in [5.74, 6) is -1.05. The summed E-state index contributed by atoms with van der Waals surface area (Å²) < 4.78 is 10.0. The minimum Gasteiger partial charge on any atom is -0.465 e. The number of rotatable bonds is 8. The second-order valence-electron chi connectivity index (χ2n) is 8.24. The third kappa shape index (κ3) is 4.90. The van der Waals surface area contributed by atoms with Crippen molar-refractivity contribution < 1.29 is 34.2 Å². The van der Waals surface area contributed by atoms with Crippen LogP contribution in [0.3, 0.4) is 0 Å². The molecule has 0 spiro atoms. The minimum atomic E-state index is -1.63. The molecular formula is C26H24N2O8. The Morgan fingerprint density at radius 1 is 1.03 bits per heavy atom. The van der Waals surface area contributed by atoms with Crippen LogP contribution in [0.4, 0.5) is 10.5 Å². The Morgan fingerprint density at radius 3 is 2.22 bits per heavy atom. The first-order valence-corrected chi connectivity index (χ1v) is 11.1. The number of nitro benzene ring substituents is 1. The maximum absolute atomic E-state index is 12.4. The Bertz CT molecular complexity index is 1260. The molecule has 36 heavy (non-hydrogen) atoms. The Morgan fingerprint density at radius 2 is 1.64 bits per heavy atom. The standard InChI is InChI=1S/C26H24N2O8/c1-35-25(31)21-12-15(28(33)34)10-11-20(21)24(30)23(29)13-27-26(32)36-14-22-18-8-4-2-6-16(18)17-7-3-5-9-19(17)22/h2-12,22-24,29-30H,13-14H2,1H3,(H,27,32). The zero-order valence-corrected chi connectivity index (χ0v) is 19.3. The average Bonchev–Trinajstić information content (AvgIpc) is 3.22. The van der Waals surface area contributed by atoms with Gasteiger partial charge in [0.25, 0.3) is 5.69 Å². The molecule has 10 nitrogen and oxygen atoms in total. The van der Waals surface area contributed by atoms with Crippen molar-refractivity contribution in [2.24, 2.45) is 0 Å². The lowest BCUT2D eigenvalue weighted by Gasteiger charge is -2.21. The molecule has 0 heterocycles. The fourth-order valence-corrected chi connectivity index (χ4v) is 4.36. The molecule has 0 aromatic heterocycles. The molecule has 0 aliphatic heterocycles. The summed E-state index contributed by atoms with van der Waals surface area (Å²) in [4.78, 5) is 34.7. The topological polar surface area (TPSA) is 148 Å². The predicted molar refractivity (Wildman–Crippen MR) is 128 cm³/mol. The van der Waals surface area contributed by atoms with Crippen molar-refractivity contribution in [1.82, 2.24) is 5.32 Å². The van der Waals surface area contributed by atoms with Crippen LogP contribution in [-0.4, -0.2) is 53.6 Å². The number of nitro groups is 1. The quantitative estimate of drug-likeness (QED) is 0.246. The molecule has 3 aromatic rings. The van der Waals surface area contributed by atoms with Crippen LogP contribution < -0.4 is 5.32 Å². The van der Waals surface area contributed by atoms with E-state index in [9.17, 15) is 29.9 Å². The maximum atomic E-state index is 12.4. The van der Waals surface area contributed by atoms with Crippen LogP contribution in [0.2, 0.25) is 0 Å². The third-order valence-corrected chi connectivity index (χ3v) is 6.14. The lowest BCUT2D eigenvalue weighted by molar-refractivity contribution is -0.384. The minimum absolute atomic E-state index is 0.0747. The number of nitrogens with one attached hydrogen (secondary N) is 1. The first-order chi connectivity index (χ1) is 17.3. The fourth-order valence-electron chi connectivity index (χ4n) is 4.36. The van der Waals surface area contributed by atoms with Crippen LogP contribution in [0.5, 0.6) is 0 Å². The molecule has 0 saturated heterocycles. The number of esters is 1. The lowest BCUT2D eigenvalue weighted by Crippen LogP contribution is -2.36. The predicted octanol–water partition coefficient (Wildman–Crippen LogP) is 3.31. The van der Waals surface area contributed by atoms with Crippen LogP contribution in [0.25, 0.3) is 11.1 Å². The number of nitrogens with zero attached hydrogens (tertiary/aromatic N) is 1. The highest BCUT2D eigenvalue weighted by molar-refractivity contribution is 5.92. The van der Waals surface area contributed by atoms with E-state index in [1.165, 1.54) is 0 Å². The van der Waals surface area contributed by atoms with Crippen molar-refractivity contribution in [3.8, 4) is 11.1 Å². The maximum Gasteiger partial charge on any atom is 0.407 e. The number of methoxy groups -OCH3 is 1. The number of aliphatic hydroxyl groups excluding tert-OH is 2. The van der Waals surface area contributed by atoms with E-state index in [0.717, 1.165) is 47.6 Å². The smallest absolute Gasteiger partial charge is 0.407 e. The molecule has 2 unspecified atom stereocenters. The number of hydrogen-bond acceptors (Lipinski definition) is 8. The molecule has 10 heteroatoms. The summed E-state index contributed by atoms with van der Waals surface area (Å²) in [6, 6.07) is 19.0. The van der Waals surface area contributed by atoms with Crippen molar-refractivity contribution in [2.75, 3.05) is 20.3 Å². The summed E-state index contributed by atoms with van der Waals surface area (Å²) in [5.41, 5.74) is 3.56. The van der Waals surface area contributed by atoms with Crippen molar-refractivity contribution in [3.05, 3.63) is 99.1 Å². The van der Waals surface area contributed by atoms with Gasteiger partial charge < -0.3 is 25.0 Å². The molecule has 0 bridgehead atoms. The van der Waals surface area contributed by atoms with Gasteiger partial charge in [-0.15, -0.1) is 0 Å². The van der Waals surface area contributed by atoms with Gasteiger partial charge in [-0.3, -0.25) is 10.1 Å². The van der Waals surface area contributed by atoms with Gasteiger partial charge in [-0.05, 0) is 33.9 Å². The summed E-state index contributed by atoms with van der Waals surface area (Å²) in [5, 5.41) is 34.4. The van der Waals surface area contributed by atoms with E-state index in [1.807, 2.05) is 48.5 Å². The van der Waals surface area contributed by atoms with Gasteiger partial charge in [0.05, 0.1) is 17.6 Å². The highest BCUT2D eigenvalue weighted by Gasteiger charge is 2.30. The van der Waals surface area contributed by atoms with Crippen molar-refractivity contribution >= 4 is 17.7 Å². The van der Waals surface area contributed by atoms with E-state index in [0.29, 0.717) is 0 Å². The van der Waals surface area contributed by atoms with Gasteiger partial charge in [-0.25, -0.2) is 9.59 Å². The Kier molecular flexibility index (Phi) is 7.28. The van der Waals surface area contributed by atoms with E-state index in [4.69, 9.17) is 4.74 Å². The number of alkyl carbamates (subject to hydrolysis) is 1. The first-order valence-electron chi connectivity index (χ1n) is 11.1. The number of carbonyl (C=O) groups is 2. The second kappa shape index (κ2) is 10.5. The number of ether oxygens (including phenoxy) is 2. The monoisotopic (exact) mass is 492 g/mol. The van der Waals surface area contributed by atoms with Crippen LogP contribution in [0, 0.1) is 10.1 Å². The van der Waals surface area contributed by atoms with E-state index in [-0.39, 0.29) is 29.3 Å². The average molecular weight is 492 g/mol. The van der Waals surface area contributed by atoms with Crippen molar-refractivity contribution in [2.45, 2.75) is 18.1 Å². The lowest BCUT2D eigenvalue weighted by atomic mass is 9.97. The van der Waals surface area contributed by atoms with E-state index in [2.05, 4.69) is 10.1 Å². The molecule has 186 valence electrons. The summed E-state index contributed by atoms with van der Waals surface area (Å²) in [6.45, 7) is -0.317. The summed E-state index contributed by atoms with van der Waals surface area (Å²) in [7, 11) is 1.09. The number of aliphatic hydroxyl groups is 2. The highest BCUT2D eigenvalue weighted by atomic mass is 16.6. The molecule has 0 fully saturated rings. The largest absolute Gasteiger partial charge is 0.465 e. The number of hydrogen-bond donors (Lipinski definition) is 3. The Labute approximate surface area is 206 Å². The van der Waals surface area contributed by atoms with Gasteiger partial charge in [-0.2, -0.15) is 0 Å². The van der Waals surface area contributed by atoms with Gasteiger partial charge in [-0.1, -0.05) is 48.5 Å². The zero-order valence-electron chi connectivity index (χ0n) is 19.3. The Hall–Kier alpha value is -4.28. The fraction of sp³-hybridized carbons (Fsp3) is 0.231. The van der Waals surface area contributed by atoms with E-state index in [1.54, 1.807) is 0 Å². The van der Waals surface area contributed by atoms with Crippen LogP contribution in [0.1, 0.15) is 39.1 Å². The molecule has 0 radical (unpaired) electrons. The second-order valence-corrected chi connectivity index (χ2v) is 8.24.